The first-order valence-electron chi connectivity index (χ1n) is 7.98. The van der Waals surface area contributed by atoms with Crippen LogP contribution in [0.1, 0.15) is 32.0 Å². The molecule has 1 aliphatic carbocycles. The SMILES string of the molecule is C=C.CCCNCc1nn2cccc2c(=O)n1C1=CCCC=C1. The molecule has 0 fully saturated rings. The number of hydrogen-bond acceptors (Lipinski definition) is 3. The molecule has 0 saturated carbocycles. The molecular weight excluding hydrogens is 288 g/mol. The van der Waals surface area contributed by atoms with Crippen molar-refractivity contribution in [1.82, 2.24) is 19.5 Å². The van der Waals surface area contributed by atoms with E-state index in [9.17, 15) is 4.79 Å². The molecule has 2 aromatic rings. The molecule has 122 valence electrons. The lowest BCUT2D eigenvalue weighted by Gasteiger charge is -2.15. The van der Waals surface area contributed by atoms with Crippen molar-refractivity contribution in [2.75, 3.05) is 6.54 Å². The van der Waals surface area contributed by atoms with E-state index >= 15 is 0 Å². The lowest BCUT2D eigenvalue weighted by molar-refractivity contribution is 0.615. The molecule has 0 amide bonds. The van der Waals surface area contributed by atoms with Crippen LogP contribution in [0, 0.1) is 0 Å². The number of rotatable bonds is 5. The Balaban J connectivity index is 0.000000924. The van der Waals surface area contributed by atoms with Gasteiger partial charge < -0.3 is 5.32 Å². The smallest absolute Gasteiger partial charge is 0.282 e. The molecule has 1 aliphatic rings. The first kappa shape index (κ1) is 17.0. The summed E-state index contributed by atoms with van der Waals surface area (Å²) in [4.78, 5) is 12.7. The summed E-state index contributed by atoms with van der Waals surface area (Å²) in [5, 5.41) is 7.91. The summed E-state index contributed by atoms with van der Waals surface area (Å²) in [6, 6.07) is 3.66. The van der Waals surface area contributed by atoms with Crippen molar-refractivity contribution in [3.63, 3.8) is 0 Å². The van der Waals surface area contributed by atoms with Crippen molar-refractivity contribution < 1.29 is 0 Å². The monoisotopic (exact) mass is 312 g/mol. The van der Waals surface area contributed by atoms with E-state index in [1.807, 2.05) is 24.4 Å². The Kier molecular flexibility index (Phi) is 6.11. The van der Waals surface area contributed by atoms with Gasteiger partial charge in [0.2, 0.25) is 0 Å². The molecule has 0 unspecified atom stereocenters. The van der Waals surface area contributed by atoms with Gasteiger partial charge >= 0.3 is 0 Å². The van der Waals surface area contributed by atoms with Gasteiger partial charge in [0.05, 0.1) is 6.54 Å². The zero-order valence-corrected chi connectivity index (χ0v) is 13.7. The number of nitrogens with one attached hydrogen (secondary N) is 1. The molecule has 0 aliphatic heterocycles. The Labute approximate surface area is 136 Å². The number of hydrogen-bond donors (Lipinski definition) is 1. The summed E-state index contributed by atoms with van der Waals surface area (Å²) >= 11 is 0. The highest BCUT2D eigenvalue weighted by molar-refractivity contribution is 5.61. The van der Waals surface area contributed by atoms with Gasteiger partial charge in [-0.1, -0.05) is 19.1 Å². The van der Waals surface area contributed by atoms with E-state index in [1.165, 1.54) is 0 Å². The fourth-order valence-electron chi connectivity index (χ4n) is 2.55. The van der Waals surface area contributed by atoms with Crippen molar-refractivity contribution in [2.24, 2.45) is 0 Å². The Hall–Kier alpha value is -2.40. The van der Waals surface area contributed by atoms with Crippen LogP contribution in [-0.2, 0) is 6.54 Å². The largest absolute Gasteiger partial charge is 0.310 e. The number of nitrogens with zero attached hydrogens (tertiary/aromatic N) is 3. The number of aromatic nitrogens is 3. The molecule has 0 spiro atoms. The maximum absolute atomic E-state index is 12.7. The average Bonchev–Trinajstić information content (AvgIpc) is 3.07. The minimum Gasteiger partial charge on any atom is -0.310 e. The normalized spacial score (nSPS) is 13.5. The Morgan fingerprint density at radius 2 is 2.17 bits per heavy atom. The van der Waals surface area contributed by atoms with E-state index in [-0.39, 0.29) is 5.56 Å². The third-order valence-corrected chi connectivity index (χ3v) is 3.58. The van der Waals surface area contributed by atoms with Crippen molar-refractivity contribution in [3.8, 4) is 0 Å². The molecular formula is C18H24N4O. The second-order valence-electron chi connectivity index (χ2n) is 5.18. The Morgan fingerprint density at radius 3 is 2.87 bits per heavy atom. The average molecular weight is 312 g/mol. The highest BCUT2D eigenvalue weighted by Gasteiger charge is 2.13. The molecule has 1 N–H and O–H groups in total. The lowest BCUT2D eigenvalue weighted by atomic mass is 10.1. The molecule has 5 heteroatoms. The van der Waals surface area contributed by atoms with Crippen LogP contribution >= 0.6 is 0 Å². The molecule has 0 saturated heterocycles. The van der Waals surface area contributed by atoms with E-state index in [2.05, 4.69) is 42.6 Å². The summed E-state index contributed by atoms with van der Waals surface area (Å²) in [6.45, 7) is 9.62. The third-order valence-electron chi connectivity index (χ3n) is 3.58. The molecule has 5 nitrogen and oxygen atoms in total. The topological polar surface area (TPSA) is 51.3 Å². The van der Waals surface area contributed by atoms with Crippen LogP contribution in [0.4, 0.5) is 0 Å². The minimum atomic E-state index is -0.0129. The van der Waals surface area contributed by atoms with Gasteiger partial charge in [0.1, 0.15) is 5.52 Å². The second kappa shape index (κ2) is 8.29. The highest BCUT2D eigenvalue weighted by atomic mass is 16.1. The third kappa shape index (κ3) is 3.68. The van der Waals surface area contributed by atoms with Crippen LogP contribution in [0.3, 0.4) is 0 Å². The van der Waals surface area contributed by atoms with Gasteiger partial charge in [0.15, 0.2) is 5.82 Å². The van der Waals surface area contributed by atoms with Gasteiger partial charge in [-0.05, 0) is 44.0 Å². The van der Waals surface area contributed by atoms with Gasteiger partial charge in [0, 0.05) is 11.9 Å². The molecule has 2 aromatic heterocycles. The van der Waals surface area contributed by atoms with Crippen LogP contribution in [0.2, 0.25) is 0 Å². The van der Waals surface area contributed by atoms with E-state index < -0.39 is 0 Å². The van der Waals surface area contributed by atoms with E-state index in [0.29, 0.717) is 12.1 Å². The van der Waals surface area contributed by atoms with Crippen LogP contribution in [0.25, 0.3) is 11.2 Å². The quantitative estimate of drug-likeness (QED) is 0.682. The van der Waals surface area contributed by atoms with Crippen LogP contribution in [0.15, 0.2) is 54.5 Å². The van der Waals surface area contributed by atoms with Crippen LogP contribution in [0.5, 0.6) is 0 Å². The molecule has 2 heterocycles. The minimum absolute atomic E-state index is 0.0129. The van der Waals surface area contributed by atoms with Crippen LogP contribution < -0.4 is 10.9 Å². The maximum Gasteiger partial charge on any atom is 0.282 e. The zero-order valence-electron chi connectivity index (χ0n) is 13.7. The number of fused-ring (bicyclic) bond motifs is 1. The molecule has 0 bridgehead atoms. The van der Waals surface area contributed by atoms with Crippen molar-refractivity contribution in [3.05, 3.63) is 65.9 Å². The summed E-state index contributed by atoms with van der Waals surface area (Å²) < 4.78 is 3.39. The van der Waals surface area contributed by atoms with Gasteiger partial charge in [-0.3, -0.25) is 9.36 Å². The summed E-state index contributed by atoms with van der Waals surface area (Å²) in [6.07, 6.45) is 11.1. The molecule has 0 aromatic carbocycles. The van der Waals surface area contributed by atoms with Gasteiger partial charge in [-0.25, -0.2) is 4.52 Å². The van der Waals surface area contributed by atoms with E-state index in [0.717, 1.165) is 37.3 Å². The molecule has 0 atom stereocenters. The van der Waals surface area contributed by atoms with E-state index in [1.54, 1.807) is 9.08 Å². The first-order valence-corrected chi connectivity index (χ1v) is 7.98. The second-order valence-corrected chi connectivity index (χ2v) is 5.18. The van der Waals surface area contributed by atoms with Gasteiger partial charge in [-0.15, -0.1) is 13.2 Å². The van der Waals surface area contributed by atoms with Gasteiger partial charge in [0.25, 0.3) is 5.56 Å². The summed E-state index contributed by atoms with van der Waals surface area (Å²) in [7, 11) is 0. The van der Waals surface area contributed by atoms with Crippen LogP contribution in [-0.4, -0.2) is 20.7 Å². The van der Waals surface area contributed by atoms with Gasteiger partial charge in [-0.2, -0.15) is 5.10 Å². The van der Waals surface area contributed by atoms with E-state index in [4.69, 9.17) is 0 Å². The number of allylic oxidation sites excluding steroid dienone is 4. The molecule has 23 heavy (non-hydrogen) atoms. The standard InChI is InChI=1S/C16H20N4O.C2H4/c1-2-10-17-12-15-18-19-11-6-9-14(19)16(21)20(15)13-7-4-3-5-8-13;1-2/h4,6-9,11,17H,2-3,5,10,12H2,1H3;1-2H2. The van der Waals surface area contributed by atoms with Crippen molar-refractivity contribution in [1.29, 1.82) is 0 Å². The first-order chi connectivity index (χ1) is 11.3. The lowest BCUT2D eigenvalue weighted by Crippen LogP contribution is -2.30. The highest BCUT2D eigenvalue weighted by Crippen LogP contribution is 2.15. The fraction of sp³-hybridized carbons (Fsp3) is 0.333. The zero-order chi connectivity index (χ0) is 16.7. The summed E-state index contributed by atoms with van der Waals surface area (Å²) in [5.74, 6) is 0.745. The maximum atomic E-state index is 12.7. The summed E-state index contributed by atoms with van der Waals surface area (Å²) in [5.41, 5.74) is 1.52. The van der Waals surface area contributed by atoms with Crippen molar-refractivity contribution >= 4 is 11.2 Å². The Bertz CT molecular complexity index is 767. The predicted octanol–water partition coefficient (Wildman–Crippen LogP) is 2.99. The van der Waals surface area contributed by atoms with Crippen molar-refractivity contribution in [2.45, 2.75) is 32.7 Å². The Morgan fingerprint density at radius 1 is 1.35 bits per heavy atom. The fourth-order valence-corrected chi connectivity index (χ4v) is 2.55. The molecule has 3 rings (SSSR count). The predicted molar refractivity (Wildman–Crippen MR) is 95.4 cm³/mol. The molecule has 0 radical (unpaired) electrons.